The second kappa shape index (κ2) is 6.17. The highest BCUT2D eigenvalue weighted by Crippen LogP contribution is 2.34. The second-order valence-electron chi connectivity index (χ2n) is 5.62. The van der Waals surface area contributed by atoms with Crippen molar-refractivity contribution in [2.75, 3.05) is 6.54 Å². The standard InChI is InChI=1S/C16H16FN5S/c17-13-7-5-12(6-8-13)16-18-20-22(19-16)11-21-9-1-3-14(21)15-4-2-10-23-15/h2,4-8,10,14H,1,3,9,11H2/t14-/m0/s1. The van der Waals surface area contributed by atoms with Crippen molar-refractivity contribution in [1.82, 2.24) is 25.1 Å². The lowest BCUT2D eigenvalue weighted by Crippen LogP contribution is -2.27. The molecule has 0 bridgehead atoms. The lowest BCUT2D eigenvalue weighted by atomic mass is 10.2. The van der Waals surface area contributed by atoms with Gasteiger partial charge in [-0.15, -0.1) is 26.3 Å². The summed E-state index contributed by atoms with van der Waals surface area (Å²) in [6, 6.07) is 10.9. The average Bonchev–Trinajstić information content (AvgIpc) is 3.29. The first-order valence-corrected chi connectivity index (χ1v) is 8.49. The van der Waals surface area contributed by atoms with Gasteiger partial charge in [0.25, 0.3) is 0 Å². The number of hydrogen-bond donors (Lipinski definition) is 0. The first-order valence-electron chi connectivity index (χ1n) is 7.61. The van der Waals surface area contributed by atoms with Crippen molar-refractivity contribution in [1.29, 1.82) is 0 Å². The molecule has 23 heavy (non-hydrogen) atoms. The smallest absolute Gasteiger partial charge is 0.204 e. The van der Waals surface area contributed by atoms with Crippen LogP contribution >= 0.6 is 11.3 Å². The fourth-order valence-electron chi connectivity index (χ4n) is 2.98. The molecule has 7 heteroatoms. The van der Waals surface area contributed by atoms with E-state index >= 15 is 0 Å². The molecule has 5 nitrogen and oxygen atoms in total. The molecule has 1 fully saturated rings. The lowest BCUT2D eigenvalue weighted by molar-refractivity contribution is 0.179. The van der Waals surface area contributed by atoms with Crippen LogP contribution in [0, 0.1) is 5.82 Å². The Hall–Kier alpha value is -2.12. The summed E-state index contributed by atoms with van der Waals surface area (Å²) in [5.74, 6) is 0.258. The monoisotopic (exact) mass is 329 g/mol. The van der Waals surface area contributed by atoms with E-state index in [4.69, 9.17) is 0 Å². The molecule has 1 aliphatic heterocycles. The zero-order chi connectivity index (χ0) is 15.6. The van der Waals surface area contributed by atoms with Gasteiger partial charge in [0.1, 0.15) is 12.5 Å². The normalized spacial score (nSPS) is 18.6. The van der Waals surface area contributed by atoms with Crippen LogP contribution in [0.2, 0.25) is 0 Å². The molecule has 0 aliphatic carbocycles. The third-order valence-electron chi connectivity index (χ3n) is 4.10. The van der Waals surface area contributed by atoms with Gasteiger partial charge in [-0.2, -0.15) is 0 Å². The number of nitrogens with zero attached hydrogens (tertiary/aromatic N) is 5. The van der Waals surface area contributed by atoms with Gasteiger partial charge in [0, 0.05) is 23.0 Å². The van der Waals surface area contributed by atoms with Gasteiger partial charge in [-0.3, -0.25) is 4.90 Å². The molecule has 0 radical (unpaired) electrons. The zero-order valence-corrected chi connectivity index (χ0v) is 13.3. The van der Waals surface area contributed by atoms with Gasteiger partial charge in [0.2, 0.25) is 5.82 Å². The predicted octanol–water partition coefficient (Wildman–Crippen LogP) is 3.34. The van der Waals surface area contributed by atoms with Gasteiger partial charge < -0.3 is 0 Å². The molecule has 3 heterocycles. The molecule has 118 valence electrons. The minimum atomic E-state index is -0.267. The Morgan fingerprint density at radius 3 is 2.87 bits per heavy atom. The molecule has 0 saturated carbocycles. The number of benzene rings is 1. The number of tetrazole rings is 1. The van der Waals surface area contributed by atoms with Crippen molar-refractivity contribution in [2.24, 2.45) is 0 Å². The Balaban J connectivity index is 1.50. The maximum absolute atomic E-state index is 13.0. The molecule has 1 aromatic carbocycles. The minimum Gasteiger partial charge on any atom is -0.275 e. The Labute approximate surface area is 137 Å². The van der Waals surface area contributed by atoms with Crippen LogP contribution in [-0.4, -0.2) is 31.7 Å². The molecule has 1 aliphatic rings. The minimum absolute atomic E-state index is 0.267. The van der Waals surface area contributed by atoms with E-state index in [1.807, 2.05) is 0 Å². The zero-order valence-electron chi connectivity index (χ0n) is 12.5. The third-order valence-corrected chi connectivity index (χ3v) is 5.07. The summed E-state index contributed by atoms with van der Waals surface area (Å²) in [6.07, 6.45) is 2.35. The van der Waals surface area contributed by atoms with E-state index in [0.717, 1.165) is 12.1 Å². The molecule has 0 unspecified atom stereocenters. The van der Waals surface area contributed by atoms with E-state index in [1.54, 1.807) is 28.3 Å². The maximum Gasteiger partial charge on any atom is 0.204 e. The van der Waals surface area contributed by atoms with Gasteiger partial charge >= 0.3 is 0 Å². The molecule has 2 aromatic heterocycles. The van der Waals surface area contributed by atoms with Crippen molar-refractivity contribution < 1.29 is 4.39 Å². The highest BCUT2D eigenvalue weighted by atomic mass is 32.1. The average molecular weight is 329 g/mol. The SMILES string of the molecule is Fc1ccc(-c2nnn(CN3CCC[C@H]3c3cccs3)n2)cc1. The molecule has 3 aromatic rings. The Kier molecular flexibility index (Phi) is 3.88. The Bertz CT molecular complexity index is 768. The van der Waals surface area contributed by atoms with Gasteiger partial charge in [-0.1, -0.05) is 6.07 Å². The van der Waals surface area contributed by atoms with Crippen molar-refractivity contribution >= 4 is 11.3 Å². The number of hydrogen-bond acceptors (Lipinski definition) is 5. The number of rotatable bonds is 4. The Morgan fingerprint density at radius 2 is 2.09 bits per heavy atom. The Morgan fingerprint density at radius 1 is 1.22 bits per heavy atom. The summed E-state index contributed by atoms with van der Waals surface area (Å²) >= 11 is 1.80. The van der Waals surface area contributed by atoms with E-state index in [0.29, 0.717) is 18.5 Å². The fraction of sp³-hybridized carbons (Fsp3) is 0.312. The summed E-state index contributed by atoms with van der Waals surface area (Å²) < 4.78 is 13.0. The maximum atomic E-state index is 13.0. The quantitative estimate of drug-likeness (QED) is 0.736. The number of aromatic nitrogens is 4. The van der Waals surface area contributed by atoms with Gasteiger partial charge in [0.05, 0.1) is 0 Å². The molecular formula is C16H16FN5S. The number of likely N-dealkylation sites (tertiary alicyclic amines) is 1. The van der Waals surface area contributed by atoms with Crippen LogP contribution in [0.5, 0.6) is 0 Å². The fourth-order valence-corrected chi connectivity index (χ4v) is 3.87. The molecule has 0 N–H and O–H groups in total. The largest absolute Gasteiger partial charge is 0.275 e. The predicted molar refractivity (Wildman–Crippen MR) is 86.2 cm³/mol. The molecule has 4 rings (SSSR count). The van der Waals surface area contributed by atoms with E-state index < -0.39 is 0 Å². The van der Waals surface area contributed by atoms with E-state index in [2.05, 4.69) is 37.8 Å². The first kappa shape index (κ1) is 14.5. The van der Waals surface area contributed by atoms with E-state index in [9.17, 15) is 4.39 Å². The second-order valence-corrected chi connectivity index (χ2v) is 6.60. The summed E-state index contributed by atoms with van der Waals surface area (Å²) in [5.41, 5.74) is 0.772. The highest BCUT2D eigenvalue weighted by molar-refractivity contribution is 7.10. The summed E-state index contributed by atoms with van der Waals surface area (Å²) in [5, 5.41) is 14.8. The van der Waals surface area contributed by atoms with Gasteiger partial charge in [-0.05, 0) is 53.8 Å². The summed E-state index contributed by atoms with van der Waals surface area (Å²) in [7, 11) is 0. The van der Waals surface area contributed by atoms with Gasteiger partial charge in [0.15, 0.2) is 0 Å². The highest BCUT2D eigenvalue weighted by Gasteiger charge is 2.27. The van der Waals surface area contributed by atoms with Crippen LogP contribution in [0.25, 0.3) is 11.4 Å². The van der Waals surface area contributed by atoms with E-state index in [-0.39, 0.29) is 5.82 Å². The molecular weight excluding hydrogens is 313 g/mol. The summed E-state index contributed by atoms with van der Waals surface area (Å²) in [6.45, 7) is 1.66. The third kappa shape index (κ3) is 3.02. The van der Waals surface area contributed by atoms with Crippen LogP contribution in [0.4, 0.5) is 4.39 Å². The number of thiophene rings is 1. The number of halogens is 1. The molecule has 0 spiro atoms. The first-order chi connectivity index (χ1) is 11.3. The van der Waals surface area contributed by atoms with Crippen LogP contribution < -0.4 is 0 Å². The lowest BCUT2D eigenvalue weighted by Gasteiger charge is -2.22. The molecule has 0 amide bonds. The van der Waals surface area contributed by atoms with Gasteiger partial charge in [-0.25, -0.2) is 4.39 Å². The van der Waals surface area contributed by atoms with Crippen LogP contribution in [0.3, 0.4) is 0 Å². The van der Waals surface area contributed by atoms with E-state index in [1.165, 1.54) is 29.9 Å². The van der Waals surface area contributed by atoms with Crippen molar-refractivity contribution in [3.8, 4) is 11.4 Å². The van der Waals surface area contributed by atoms with Crippen LogP contribution in [0.1, 0.15) is 23.8 Å². The summed E-state index contributed by atoms with van der Waals surface area (Å²) in [4.78, 5) is 5.38. The van der Waals surface area contributed by atoms with Crippen molar-refractivity contribution in [3.63, 3.8) is 0 Å². The molecule has 1 atom stereocenters. The molecule has 1 saturated heterocycles. The van der Waals surface area contributed by atoms with Crippen molar-refractivity contribution in [3.05, 3.63) is 52.5 Å². The topological polar surface area (TPSA) is 46.8 Å². The van der Waals surface area contributed by atoms with Crippen LogP contribution in [0.15, 0.2) is 41.8 Å². The van der Waals surface area contributed by atoms with Crippen molar-refractivity contribution in [2.45, 2.75) is 25.6 Å². The van der Waals surface area contributed by atoms with Crippen LogP contribution in [-0.2, 0) is 6.67 Å².